The van der Waals surface area contributed by atoms with Gasteiger partial charge < -0.3 is 10.1 Å². The molecule has 1 aliphatic heterocycles. The van der Waals surface area contributed by atoms with Crippen molar-refractivity contribution in [1.82, 2.24) is 25.3 Å². The van der Waals surface area contributed by atoms with Crippen molar-refractivity contribution in [3.63, 3.8) is 0 Å². The van der Waals surface area contributed by atoms with E-state index in [4.69, 9.17) is 4.74 Å². The normalized spacial score (nSPS) is 17.2. The van der Waals surface area contributed by atoms with Gasteiger partial charge >= 0.3 is 0 Å². The highest BCUT2D eigenvalue weighted by atomic mass is 32.1. The molecule has 2 aromatic heterocycles. The van der Waals surface area contributed by atoms with E-state index in [1.54, 1.807) is 10.9 Å². The molecule has 1 N–H and O–H groups in total. The quantitative estimate of drug-likeness (QED) is 0.729. The van der Waals surface area contributed by atoms with Crippen LogP contribution in [0.5, 0.6) is 0 Å². The van der Waals surface area contributed by atoms with Gasteiger partial charge in [-0.2, -0.15) is 5.10 Å². The molecule has 0 radical (unpaired) electrons. The lowest BCUT2D eigenvalue weighted by Gasteiger charge is -2.12. The Kier molecular flexibility index (Phi) is 5.71. The van der Waals surface area contributed by atoms with Crippen LogP contribution < -0.4 is 10.2 Å². The summed E-state index contributed by atoms with van der Waals surface area (Å²) in [5.41, 5.74) is 0. The van der Waals surface area contributed by atoms with Crippen molar-refractivity contribution in [2.75, 3.05) is 24.6 Å². The molecular formula is C15H20N6O3S. The summed E-state index contributed by atoms with van der Waals surface area (Å²) in [6, 6.07) is 1.83. The number of nitrogens with zero attached hydrogens (tertiary/aromatic N) is 5. The summed E-state index contributed by atoms with van der Waals surface area (Å²) in [6.45, 7) is 4.28. The molecule has 1 saturated heterocycles. The van der Waals surface area contributed by atoms with Crippen LogP contribution in [0.4, 0.5) is 5.13 Å². The molecule has 3 heterocycles. The van der Waals surface area contributed by atoms with E-state index in [1.165, 1.54) is 16.2 Å². The maximum absolute atomic E-state index is 12.3. The molecule has 25 heavy (non-hydrogen) atoms. The first kappa shape index (κ1) is 17.5. The van der Waals surface area contributed by atoms with Crippen LogP contribution >= 0.6 is 11.3 Å². The number of anilines is 1. The molecule has 0 bridgehead atoms. The fraction of sp³-hybridized carbons (Fsp3) is 0.533. The summed E-state index contributed by atoms with van der Waals surface area (Å²) in [6.07, 6.45) is 3.72. The molecule has 134 valence electrons. The van der Waals surface area contributed by atoms with Gasteiger partial charge in [0.15, 0.2) is 0 Å². The van der Waals surface area contributed by atoms with Crippen LogP contribution in [0.2, 0.25) is 0 Å². The summed E-state index contributed by atoms with van der Waals surface area (Å²) in [5.74, 6) is -0.599. The van der Waals surface area contributed by atoms with E-state index in [-0.39, 0.29) is 24.2 Å². The molecule has 1 aliphatic rings. The van der Waals surface area contributed by atoms with Gasteiger partial charge in [-0.1, -0.05) is 11.3 Å². The van der Waals surface area contributed by atoms with E-state index in [0.29, 0.717) is 38.0 Å². The molecule has 1 unspecified atom stereocenters. The number of carbonyl (C=O) groups is 2. The lowest BCUT2D eigenvalue weighted by molar-refractivity contribution is -0.126. The number of carbonyl (C=O) groups excluding carboxylic acids is 2. The van der Waals surface area contributed by atoms with Gasteiger partial charge in [-0.3, -0.25) is 19.2 Å². The third-order valence-corrected chi connectivity index (χ3v) is 4.73. The number of ether oxygens (including phenoxy) is 1. The lowest BCUT2D eigenvalue weighted by atomic mass is 10.1. The molecule has 2 aromatic rings. The number of rotatable bonds is 8. The van der Waals surface area contributed by atoms with E-state index in [2.05, 4.69) is 20.6 Å². The lowest BCUT2D eigenvalue weighted by Crippen LogP contribution is -2.34. The van der Waals surface area contributed by atoms with Gasteiger partial charge in [-0.05, 0) is 13.0 Å². The highest BCUT2D eigenvalue weighted by Gasteiger charge is 2.36. The molecule has 10 heteroatoms. The Morgan fingerprint density at radius 3 is 3.12 bits per heavy atom. The predicted molar refractivity (Wildman–Crippen MR) is 90.9 cm³/mol. The van der Waals surface area contributed by atoms with E-state index < -0.39 is 0 Å². The third-order valence-electron chi connectivity index (χ3n) is 3.81. The first-order chi connectivity index (χ1) is 12.2. The van der Waals surface area contributed by atoms with Crippen LogP contribution in [-0.4, -0.2) is 51.5 Å². The van der Waals surface area contributed by atoms with Gasteiger partial charge in [-0.25, -0.2) is 0 Å². The molecule has 9 nitrogen and oxygen atoms in total. The van der Waals surface area contributed by atoms with Crippen molar-refractivity contribution >= 4 is 28.3 Å². The van der Waals surface area contributed by atoms with Crippen molar-refractivity contribution < 1.29 is 14.3 Å². The molecule has 0 aliphatic carbocycles. The Bertz CT molecular complexity index is 717. The molecule has 1 atom stereocenters. The number of hydrogen-bond donors (Lipinski definition) is 1. The van der Waals surface area contributed by atoms with Crippen molar-refractivity contribution in [1.29, 1.82) is 0 Å². The summed E-state index contributed by atoms with van der Waals surface area (Å²) in [7, 11) is 0. The van der Waals surface area contributed by atoms with E-state index in [0.717, 1.165) is 5.01 Å². The molecule has 2 amide bonds. The van der Waals surface area contributed by atoms with E-state index in [9.17, 15) is 9.59 Å². The fourth-order valence-corrected chi connectivity index (χ4v) is 3.34. The largest absolute Gasteiger partial charge is 0.374 e. The van der Waals surface area contributed by atoms with Gasteiger partial charge in [0, 0.05) is 38.5 Å². The second-order valence-electron chi connectivity index (χ2n) is 5.58. The third kappa shape index (κ3) is 4.40. The minimum absolute atomic E-state index is 0.105. The summed E-state index contributed by atoms with van der Waals surface area (Å²) in [4.78, 5) is 26.0. The topological polar surface area (TPSA) is 102 Å². The van der Waals surface area contributed by atoms with Crippen LogP contribution in [0.15, 0.2) is 18.5 Å². The zero-order valence-electron chi connectivity index (χ0n) is 13.9. The number of nitrogens with one attached hydrogen (secondary N) is 1. The average Bonchev–Trinajstić information content (AvgIpc) is 3.33. The predicted octanol–water partition coefficient (Wildman–Crippen LogP) is 0.440. The van der Waals surface area contributed by atoms with Gasteiger partial charge in [0.25, 0.3) is 0 Å². The Labute approximate surface area is 149 Å². The first-order valence-corrected chi connectivity index (χ1v) is 8.94. The van der Waals surface area contributed by atoms with E-state index in [1.807, 2.05) is 19.2 Å². The first-order valence-electron chi connectivity index (χ1n) is 8.13. The molecule has 3 rings (SSSR count). The van der Waals surface area contributed by atoms with Crippen LogP contribution in [0, 0.1) is 5.92 Å². The molecule has 1 fully saturated rings. The molecule has 0 spiro atoms. The van der Waals surface area contributed by atoms with Crippen molar-refractivity contribution in [2.24, 2.45) is 5.92 Å². The van der Waals surface area contributed by atoms with E-state index >= 15 is 0 Å². The molecule has 0 saturated carbocycles. The van der Waals surface area contributed by atoms with Crippen molar-refractivity contribution in [3.05, 3.63) is 23.5 Å². The SMILES string of the molecule is CCOCc1nnc(N2CC(C(=O)NCCn3cccn3)CC2=O)s1. The van der Waals surface area contributed by atoms with Crippen LogP contribution in [0.1, 0.15) is 18.4 Å². The highest BCUT2D eigenvalue weighted by Crippen LogP contribution is 2.28. The van der Waals surface area contributed by atoms with Crippen LogP contribution in [-0.2, 0) is 27.5 Å². The van der Waals surface area contributed by atoms with Crippen LogP contribution in [0.25, 0.3) is 0 Å². The Morgan fingerprint density at radius 1 is 1.48 bits per heavy atom. The summed E-state index contributed by atoms with van der Waals surface area (Å²) in [5, 5.41) is 16.2. The Balaban J connectivity index is 1.51. The fourth-order valence-electron chi connectivity index (χ4n) is 2.54. The monoisotopic (exact) mass is 364 g/mol. The maximum atomic E-state index is 12.3. The second-order valence-corrected chi connectivity index (χ2v) is 6.62. The average molecular weight is 364 g/mol. The zero-order chi connectivity index (χ0) is 17.6. The Morgan fingerprint density at radius 2 is 2.36 bits per heavy atom. The molecule has 0 aromatic carbocycles. The number of amides is 2. The smallest absolute Gasteiger partial charge is 0.229 e. The van der Waals surface area contributed by atoms with Crippen molar-refractivity contribution in [2.45, 2.75) is 26.5 Å². The maximum Gasteiger partial charge on any atom is 0.229 e. The number of aromatic nitrogens is 4. The minimum Gasteiger partial charge on any atom is -0.374 e. The van der Waals surface area contributed by atoms with Gasteiger partial charge in [-0.15, -0.1) is 10.2 Å². The second kappa shape index (κ2) is 8.17. The zero-order valence-corrected chi connectivity index (χ0v) is 14.7. The Hall–Kier alpha value is -2.33. The van der Waals surface area contributed by atoms with Gasteiger partial charge in [0.05, 0.1) is 12.5 Å². The molecular weight excluding hydrogens is 344 g/mol. The highest BCUT2D eigenvalue weighted by molar-refractivity contribution is 7.15. The summed E-state index contributed by atoms with van der Waals surface area (Å²) >= 11 is 1.32. The van der Waals surface area contributed by atoms with Crippen molar-refractivity contribution in [3.8, 4) is 0 Å². The summed E-state index contributed by atoms with van der Waals surface area (Å²) < 4.78 is 7.03. The number of hydrogen-bond acceptors (Lipinski definition) is 7. The van der Waals surface area contributed by atoms with Gasteiger partial charge in [0.1, 0.15) is 11.6 Å². The minimum atomic E-state index is -0.371. The standard InChI is InChI=1S/C15H20N6O3S/c1-2-24-10-12-18-19-15(25-12)21-9-11(8-13(21)22)14(23)16-5-7-20-6-3-4-17-20/h3-4,6,11H,2,5,7-10H2,1H3,(H,16,23). The van der Waals surface area contributed by atoms with Gasteiger partial charge in [0.2, 0.25) is 16.9 Å². The van der Waals surface area contributed by atoms with Crippen LogP contribution in [0.3, 0.4) is 0 Å².